The van der Waals surface area contributed by atoms with Crippen molar-refractivity contribution in [3.8, 4) is 0 Å². The second-order valence-electron chi connectivity index (χ2n) is 9.10. The van der Waals surface area contributed by atoms with Gasteiger partial charge in [0.15, 0.2) is 0 Å². The van der Waals surface area contributed by atoms with E-state index in [1.165, 1.54) is 0 Å². The molecule has 0 amide bonds. The molecule has 4 aliphatic rings. The Balaban J connectivity index is 1.96. The summed E-state index contributed by atoms with van der Waals surface area (Å²) in [7, 11) is 0. The van der Waals surface area contributed by atoms with Crippen LogP contribution in [0.25, 0.3) is 0 Å². The number of carbonyl (C=O) groups excluding carboxylic acids is 1. The number of hydrogen-bond acceptors (Lipinski definition) is 3. The molecule has 3 nitrogen and oxygen atoms in total. The largest absolute Gasteiger partial charge is 0.388 e. The lowest BCUT2D eigenvalue weighted by molar-refractivity contribution is -0.151. The number of aliphatic hydroxyl groups is 2. The Morgan fingerprint density at radius 1 is 1.09 bits per heavy atom. The van der Waals surface area contributed by atoms with E-state index in [-0.39, 0.29) is 29.0 Å². The first-order chi connectivity index (χ1) is 10.6. The van der Waals surface area contributed by atoms with Gasteiger partial charge in [0.2, 0.25) is 0 Å². The lowest BCUT2D eigenvalue weighted by atomic mass is 9.54. The molecule has 8 atom stereocenters. The molecule has 0 heterocycles. The van der Waals surface area contributed by atoms with E-state index in [2.05, 4.69) is 13.8 Å². The van der Waals surface area contributed by atoms with Crippen molar-refractivity contribution in [2.24, 2.45) is 40.4 Å². The van der Waals surface area contributed by atoms with Crippen LogP contribution in [0, 0.1) is 40.4 Å². The number of hydrogen-bond donors (Lipinski definition) is 2. The van der Waals surface area contributed by atoms with Crippen LogP contribution < -0.4 is 0 Å². The first kappa shape index (κ1) is 15.6. The quantitative estimate of drug-likeness (QED) is 0.676. The molecule has 23 heavy (non-hydrogen) atoms. The van der Waals surface area contributed by atoms with Crippen molar-refractivity contribution < 1.29 is 15.0 Å². The molecule has 4 aliphatic carbocycles. The molecule has 0 saturated heterocycles. The normalized spacial score (nSPS) is 53.5. The molecule has 2 N–H and O–H groups in total. The molecule has 2 fully saturated rings. The molecule has 4 rings (SSSR count). The Labute approximate surface area is 138 Å². The molecule has 0 aliphatic heterocycles. The highest BCUT2D eigenvalue weighted by molar-refractivity contribution is 5.91. The highest BCUT2D eigenvalue weighted by Crippen LogP contribution is 2.73. The van der Waals surface area contributed by atoms with Crippen LogP contribution in [0.2, 0.25) is 0 Å². The molecule has 1 spiro atoms. The maximum atomic E-state index is 13.4. The highest BCUT2D eigenvalue weighted by atomic mass is 16.3. The van der Waals surface area contributed by atoms with E-state index in [0.717, 1.165) is 17.6 Å². The Morgan fingerprint density at radius 3 is 2.39 bits per heavy atom. The second-order valence-corrected chi connectivity index (χ2v) is 9.10. The third-order valence-electron chi connectivity index (χ3n) is 7.71. The number of Topliss-reactive ketones (excluding diaryl/α,β-unsaturated/α-hetero) is 1. The predicted octanol–water partition coefficient (Wildman–Crippen LogP) is 2.73. The van der Waals surface area contributed by atoms with Gasteiger partial charge in [0.05, 0.1) is 17.6 Å². The second kappa shape index (κ2) is 4.37. The monoisotopic (exact) mass is 316 g/mol. The fourth-order valence-electron chi connectivity index (χ4n) is 6.45. The lowest BCUT2D eigenvalue weighted by Crippen LogP contribution is -2.57. The van der Waals surface area contributed by atoms with Crippen LogP contribution in [-0.4, -0.2) is 28.2 Å². The molecule has 0 aromatic rings. The number of allylic oxidation sites excluding steroid dienone is 2. The Hall–Kier alpha value is -0.930. The van der Waals surface area contributed by atoms with Gasteiger partial charge in [-0.1, -0.05) is 38.5 Å². The van der Waals surface area contributed by atoms with Gasteiger partial charge in [-0.15, -0.1) is 0 Å². The number of fused-ring (bicyclic) bond motifs is 2. The molecule has 0 aromatic carbocycles. The average molecular weight is 316 g/mol. The fraction of sp³-hybridized carbons (Fsp3) is 0.750. The van der Waals surface area contributed by atoms with Gasteiger partial charge in [0.25, 0.3) is 0 Å². The van der Waals surface area contributed by atoms with Gasteiger partial charge in [0.1, 0.15) is 5.78 Å². The summed E-state index contributed by atoms with van der Waals surface area (Å²) in [6, 6.07) is 0. The van der Waals surface area contributed by atoms with Crippen LogP contribution in [0.15, 0.2) is 23.3 Å². The SMILES string of the molecule is CC1=C[C@H]2C(C)=CC(O)[C@]23C(=O)C(C)CC2C([C@@H]3[C@H]1O)C2(C)C. The first-order valence-electron chi connectivity index (χ1n) is 8.92. The maximum Gasteiger partial charge on any atom is 0.146 e. The van der Waals surface area contributed by atoms with Gasteiger partial charge in [-0.3, -0.25) is 4.79 Å². The summed E-state index contributed by atoms with van der Waals surface area (Å²) in [5, 5.41) is 22.0. The van der Waals surface area contributed by atoms with Crippen molar-refractivity contribution in [1.82, 2.24) is 0 Å². The van der Waals surface area contributed by atoms with Crippen LogP contribution in [-0.2, 0) is 4.79 Å². The van der Waals surface area contributed by atoms with Crippen molar-refractivity contribution in [3.05, 3.63) is 23.3 Å². The van der Waals surface area contributed by atoms with Crippen molar-refractivity contribution in [2.45, 2.75) is 53.2 Å². The Bertz CT molecular complexity index is 643. The van der Waals surface area contributed by atoms with E-state index in [1.54, 1.807) is 0 Å². The van der Waals surface area contributed by atoms with Crippen LogP contribution in [0.1, 0.15) is 41.0 Å². The minimum Gasteiger partial charge on any atom is -0.388 e. The molecule has 0 radical (unpaired) electrons. The average Bonchev–Trinajstić information content (AvgIpc) is 2.92. The summed E-state index contributed by atoms with van der Waals surface area (Å²) in [4.78, 5) is 13.4. The van der Waals surface area contributed by atoms with Crippen LogP contribution in [0.3, 0.4) is 0 Å². The van der Waals surface area contributed by atoms with E-state index in [1.807, 2.05) is 32.9 Å². The number of carbonyl (C=O) groups is 1. The molecule has 4 unspecified atom stereocenters. The Morgan fingerprint density at radius 2 is 1.74 bits per heavy atom. The summed E-state index contributed by atoms with van der Waals surface area (Å²) in [5.41, 5.74) is 1.33. The third-order valence-corrected chi connectivity index (χ3v) is 7.71. The molecule has 2 saturated carbocycles. The van der Waals surface area contributed by atoms with Gasteiger partial charge < -0.3 is 10.2 Å². The molecule has 0 bridgehead atoms. The van der Waals surface area contributed by atoms with Crippen LogP contribution >= 0.6 is 0 Å². The summed E-state index contributed by atoms with van der Waals surface area (Å²) in [6.45, 7) is 10.5. The molecular weight excluding hydrogens is 288 g/mol. The van der Waals surface area contributed by atoms with Crippen LogP contribution in [0.4, 0.5) is 0 Å². The van der Waals surface area contributed by atoms with Gasteiger partial charge in [-0.25, -0.2) is 0 Å². The fourth-order valence-corrected chi connectivity index (χ4v) is 6.45. The van der Waals surface area contributed by atoms with Gasteiger partial charge in [-0.2, -0.15) is 0 Å². The zero-order valence-corrected chi connectivity index (χ0v) is 14.7. The summed E-state index contributed by atoms with van der Waals surface area (Å²) >= 11 is 0. The molecule has 126 valence electrons. The third kappa shape index (κ3) is 1.61. The number of aliphatic hydroxyl groups excluding tert-OH is 2. The lowest BCUT2D eigenvalue weighted by Gasteiger charge is -2.49. The number of ketones is 1. The number of rotatable bonds is 0. The molecular formula is C20H28O3. The highest BCUT2D eigenvalue weighted by Gasteiger charge is 2.74. The zero-order valence-electron chi connectivity index (χ0n) is 14.7. The van der Waals surface area contributed by atoms with Crippen molar-refractivity contribution in [2.75, 3.05) is 0 Å². The summed E-state index contributed by atoms with van der Waals surface area (Å²) in [5.74, 6) is 0.671. The van der Waals surface area contributed by atoms with Crippen molar-refractivity contribution in [3.63, 3.8) is 0 Å². The standard InChI is InChI=1S/C20H28O3/c1-9-8-14(21)20-12(9)6-10(2)17(22)16(20)15-13(19(15,4)5)7-11(3)18(20)23/h6,8,11-17,21-22H,7H2,1-5H3/t11?,12-,13?,14?,15?,16+,17-,20+/m0/s1. The smallest absolute Gasteiger partial charge is 0.146 e. The minimum absolute atomic E-state index is 0.0512. The van der Waals surface area contributed by atoms with E-state index in [0.29, 0.717) is 11.8 Å². The maximum absolute atomic E-state index is 13.4. The predicted molar refractivity (Wildman–Crippen MR) is 88.5 cm³/mol. The van der Waals surface area contributed by atoms with Gasteiger partial charge in [-0.05, 0) is 43.1 Å². The molecule has 3 heteroatoms. The zero-order chi connectivity index (χ0) is 16.9. The summed E-state index contributed by atoms with van der Waals surface area (Å²) in [6.07, 6.45) is 3.40. The van der Waals surface area contributed by atoms with Crippen molar-refractivity contribution >= 4 is 5.78 Å². The first-order valence-corrected chi connectivity index (χ1v) is 8.92. The van der Waals surface area contributed by atoms with Gasteiger partial charge in [0, 0.05) is 17.8 Å². The van der Waals surface area contributed by atoms with Crippen LogP contribution in [0.5, 0.6) is 0 Å². The summed E-state index contributed by atoms with van der Waals surface area (Å²) < 4.78 is 0. The van der Waals surface area contributed by atoms with E-state index < -0.39 is 17.6 Å². The molecule has 0 aromatic heterocycles. The Kier molecular flexibility index (Phi) is 2.96. The van der Waals surface area contributed by atoms with E-state index in [4.69, 9.17) is 0 Å². The van der Waals surface area contributed by atoms with E-state index >= 15 is 0 Å². The van der Waals surface area contributed by atoms with Gasteiger partial charge >= 0.3 is 0 Å². The minimum atomic E-state index is -0.852. The van der Waals surface area contributed by atoms with E-state index in [9.17, 15) is 15.0 Å². The topological polar surface area (TPSA) is 57.5 Å². The van der Waals surface area contributed by atoms with Crippen molar-refractivity contribution in [1.29, 1.82) is 0 Å².